The summed E-state index contributed by atoms with van der Waals surface area (Å²) in [6.07, 6.45) is 1.66. The lowest BCUT2D eigenvalue weighted by atomic mass is 10.0. The van der Waals surface area contributed by atoms with Crippen molar-refractivity contribution in [2.24, 2.45) is 0 Å². The summed E-state index contributed by atoms with van der Waals surface area (Å²) in [6.45, 7) is 3.33. The smallest absolute Gasteiger partial charge is 0.241 e. The number of sulfonamides is 1. The first-order chi connectivity index (χ1) is 9.56. The number of benzene rings is 1. The van der Waals surface area contributed by atoms with E-state index < -0.39 is 10.0 Å². The van der Waals surface area contributed by atoms with Gasteiger partial charge in [0.1, 0.15) is 0 Å². The minimum atomic E-state index is -3.41. The number of rotatable bonds is 3. The van der Waals surface area contributed by atoms with E-state index >= 15 is 0 Å². The molecule has 3 rings (SSSR count). The fourth-order valence-corrected chi connectivity index (χ4v) is 4.64. The molecule has 0 spiro atoms. The van der Waals surface area contributed by atoms with Crippen LogP contribution in [0.1, 0.15) is 17.5 Å². The third-order valence-electron chi connectivity index (χ3n) is 4.10. The summed E-state index contributed by atoms with van der Waals surface area (Å²) in [4.78, 5) is 2.61. The molecule has 0 aromatic heterocycles. The molecule has 20 heavy (non-hydrogen) atoms. The van der Waals surface area contributed by atoms with Crippen LogP contribution >= 0.6 is 0 Å². The quantitative estimate of drug-likeness (QED) is 0.843. The second kappa shape index (κ2) is 5.44. The van der Waals surface area contributed by atoms with Crippen LogP contribution in [0.4, 0.5) is 0 Å². The molecule has 0 saturated carbocycles. The van der Waals surface area contributed by atoms with Gasteiger partial charge in [0.05, 0.1) is 4.90 Å². The van der Waals surface area contributed by atoms with Gasteiger partial charge < -0.3 is 10.2 Å². The lowest BCUT2D eigenvalue weighted by Crippen LogP contribution is -2.37. The van der Waals surface area contributed by atoms with Gasteiger partial charge >= 0.3 is 0 Å². The highest BCUT2D eigenvalue weighted by Gasteiger charge is 2.28. The summed E-state index contributed by atoms with van der Waals surface area (Å²) in [6, 6.07) is 5.60. The van der Waals surface area contributed by atoms with Crippen molar-refractivity contribution in [1.82, 2.24) is 14.9 Å². The van der Waals surface area contributed by atoms with Gasteiger partial charge in [-0.25, -0.2) is 13.1 Å². The van der Waals surface area contributed by atoms with Gasteiger partial charge in [0.2, 0.25) is 10.0 Å². The highest BCUT2D eigenvalue weighted by Crippen LogP contribution is 2.23. The molecule has 1 unspecified atom stereocenters. The van der Waals surface area contributed by atoms with E-state index in [0.29, 0.717) is 4.90 Å². The molecule has 2 aliphatic rings. The molecule has 0 amide bonds. The van der Waals surface area contributed by atoms with Gasteiger partial charge in [-0.05, 0) is 50.2 Å². The average molecular weight is 295 g/mol. The molecule has 2 aliphatic heterocycles. The number of hydrogen-bond donors (Lipinski definition) is 2. The van der Waals surface area contributed by atoms with Gasteiger partial charge in [0, 0.05) is 19.1 Å². The molecule has 0 radical (unpaired) electrons. The number of fused-ring (bicyclic) bond motifs is 1. The van der Waals surface area contributed by atoms with Crippen LogP contribution in [0.5, 0.6) is 0 Å². The first-order valence-corrected chi connectivity index (χ1v) is 8.57. The maximum Gasteiger partial charge on any atom is 0.241 e. The lowest BCUT2D eigenvalue weighted by Gasteiger charge is -2.21. The van der Waals surface area contributed by atoms with Crippen LogP contribution in [0.25, 0.3) is 0 Å². The molecule has 6 heteroatoms. The predicted octanol–water partition coefficient (Wildman–Crippen LogP) is 0.315. The van der Waals surface area contributed by atoms with E-state index in [1.807, 2.05) is 19.2 Å². The third kappa shape index (κ3) is 2.74. The highest BCUT2D eigenvalue weighted by atomic mass is 32.2. The molecule has 1 saturated heterocycles. The molecule has 110 valence electrons. The monoisotopic (exact) mass is 295 g/mol. The molecular formula is C14H21N3O2S. The highest BCUT2D eigenvalue weighted by molar-refractivity contribution is 7.89. The van der Waals surface area contributed by atoms with Gasteiger partial charge in [-0.2, -0.15) is 0 Å². The number of likely N-dealkylation sites (tertiary alicyclic amines) is 1. The van der Waals surface area contributed by atoms with E-state index in [0.717, 1.165) is 50.1 Å². The maximum atomic E-state index is 12.6. The molecule has 1 aromatic carbocycles. The van der Waals surface area contributed by atoms with E-state index in [1.165, 1.54) is 0 Å². The Bertz CT molecular complexity index is 600. The summed E-state index contributed by atoms with van der Waals surface area (Å²) in [5.41, 5.74) is 2.08. The minimum Gasteiger partial charge on any atom is -0.312 e. The Morgan fingerprint density at radius 3 is 3.00 bits per heavy atom. The first kappa shape index (κ1) is 14.0. The van der Waals surface area contributed by atoms with Crippen LogP contribution in [0.3, 0.4) is 0 Å². The van der Waals surface area contributed by atoms with Crippen LogP contribution in [-0.2, 0) is 23.0 Å². The van der Waals surface area contributed by atoms with E-state index in [4.69, 9.17) is 0 Å². The predicted molar refractivity (Wildman–Crippen MR) is 78.1 cm³/mol. The standard InChI is InChI=1S/C14H21N3O2S/c1-17-8-6-12(10-17)16-20(18,19)14-4-2-3-11-9-15-7-5-13(11)14/h2-4,12,15-16H,5-10H2,1H3. The van der Waals surface area contributed by atoms with Crippen molar-refractivity contribution in [1.29, 1.82) is 0 Å². The summed E-state index contributed by atoms with van der Waals surface area (Å²) < 4.78 is 28.1. The van der Waals surface area contributed by atoms with Gasteiger partial charge in [0.15, 0.2) is 0 Å². The van der Waals surface area contributed by atoms with E-state index in [1.54, 1.807) is 6.07 Å². The zero-order valence-electron chi connectivity index (χ0n) is 11.7. The molecule has 1 aromatic rings. The van der Waals surface area contributed by atoms with Crippen molar-refractivity contribution in [3.63, 3.8) is 0 Å². The van der Waals surface area contributed by atoms with Crippen LogP contribution in [0.2, 0.25) is 0 Å². The van der Waals surface area contributed by atoms with Gasteiger partial charge in [0.25, 0.3) is 0 Å². The van der Waals surface area contributed by atoms with Gasteiger partial charge in [-0.15, -0.1) is 0 Å². The molecule has 0 bridgehead atoms. The number of nitrogens with one attached hydrogen (secondary N) is 2. The zero-order valence-corrected chi connectivity index (χ0v) is 12.5. The Kier molecular flexibility index (Phi) is 3.81. The van der Waals surface area contributed by atoms with Crippen LogP contribution < -0.4 is 10.0 Å². The zero-order chi connectivity index (χ0) is 14.2. The molecule has 2 heterocycles. The Morgan fingerprint density at radius 1 is 1.40 bits per heavy atom. The summed E-state index contributed by atoms with van der Waals surface area (Å²) in [5.74, 6) is 0. The third-order valence-corrected chi connectivity index (χ3v) is 5.71. The lowest BCUT2D eigenvalue weighted by molar-refractivity contribution is 0.407. The Hall–Kier alpha value is -0.950. The maximum absolute atomic E-state index is 12.6. The van der Waals surface area contributed by atoms with Crippen molar-refractivity contribution in [2.45, 2.75) is 30.3 Å². The molecule has 0 aliphatic carbocycles. The fourth-order valence-electron chi connectivity index (χ4n) is 3.06. The Balaban J connectivity index is 1.87. The van der Waals surface area contributed by atoms with Crippen molar-refractivity contribution in [3.8, 4) is 0 Å². The summed E-state index contributed by atoms with van der Waals surface area (Å²) in [5, 5.41) is 3.28. The van der Waals surface area contributed by atoms with E-state index in [9.17, 15) is 8.42 Å². The van der Waals surface area contributed by atoms with Crippen molar-refractivity contribution in [3.05, 3.63) is 29.3 Å². The minimum absolute atomic E-state index is 0.0302. The van der Waals surface area contributed by atoms with E-state index in [-0.39, 0.29) is 6.04 Å². The summed E-state index contributed by atoms with van der Waals surface area (Å²) >= 11 is 0. The molecule has 1 atom stereocenters. The largest absolute Gasteiger partial charge is 0.312 e. The Morgan fingerprint density at radius 2 is 2.25 bits per heavy atom. The first-order valence-electron chi connectivity index (χ1n) is 7.08. The van der Waals surface area contributed by atoms with Crippen LogP contribution in [0, 0.1) is 0 Å². The average Bonchev–Trinajstić information content (AvgIpc) is 2.82. The van der Waals surface area contributed by atoms with E-state index in [2.05, 4.69) is 14.9 Å². The molecule has 2 N–H and O–H groups in total. The second-order valence-corrected chi connectivity index (χ2v) is 7.37. The molecular weight excluding hydrogens is 274 g/mol. The van der Waals surface area contributed by atoms with Crippen LogP contribution in [0.15, 0.2) is 23.1 Å². The number of hydrogen-bond acceptors (Lipinski definition) is 4. The fraction of sp³-hybridized carbons (Fsp3) is 0.571. The SMILES string of the molecule is CN1CCC(NS(=O)(=O)c2cccc3c2CCNC3)C1. The van der Waals surface area contributed by atoms with Gasteiger partial charge in [-0.3, -0.25) is 0 Å². The van der Waals surface area contributed by atoms with Crippen molar-refractivity contribution in [2.75, 3.05) is 26.7 Å². The summed E-state index contributed by atoms with van der Waals surface area (Å²) in [7, 11) is -1.39. The number of likely N-dealkylation sites (N-methyl/N-ethyl adjacent to an activating group) is 1. The van der Waals surface area contributed by atoms with Gasteiger partial charge in [-0.1, -0.05) is 12.1 Å². The van der Waals surface area contributed by atoms with Crippen molar-refractivity contribution >= 4 is 10.0 Å². The normalized spacial score (nSPS) is 23.8. The van der Waals surface area contributed by atoms with Crippen molar-refractivity contribution < 1.29 is 8.42 Å². The molecule has 5 nitrogen and oxygen atoms in total. The number of nitrogens with zero attached hydrogens (tertiary/aromatic N) is 1. The Labute approximate surface area is 120 Å². The van der Waals surface area contributed by atoms with Crippen LogP contribution in [-0.4, -0.2) is 46.0 Å². The second-order valence-electron chi connectivity index (χ2n) is 5.69. The topological polar surface area (TPSA) is 61.4 Å². The molecule has 1 fully saturated rings.